The molecule has 5 rings (SSSR count). The van der Waals surface area contributed by atoms with Gasteiger partial charge in [0.2, 0.25) is 11.8 Å². The minimum Gasteiger partial charge on any atom is -0.482 e. The highest BCUT2D eigenvalue weighted by molar-refractivity contribution is 8.15. The maximum atomic E-state index is 15.7. The molecule has 14 heteroatoms. The highest BCUT2D eigenvalue weighted by Crippen LogP contribution is 2.56. The summed E-state index contributed by atoms with van der Waals surface area (Å²) in [6.45, 7) is 1.43. The number of nitrogens with two attached hydrogens (primary N) is 1. The number of alkyl halides is 2. The average molecular weight is 546 g/mol. The van der Waals surface area contributed by atoms with Gasteiger partial charge in [0.15, 0.2) is 23.1 Å². The summed E-state index contributed by atoms with van der Waals surface area (Å²) in [7, 11) is 0. The number of pyridine rings is 3. The second-order valence-corrected chi connectivity index (χ2v) is 10.4. The number of aliphatic hydroxyl groups excluding tert-OH is 1. The molecular weight excluding hydrogens is 523 g/mol. The summed E-state index contributed by atoms with van der Waals surface area (Å²) in [4.78, 5) is 20.3. The standard InChI is InChI=1S/C24H22F3N7O3S/c1-22(12-35)24(26,27)23(2,34-21(28)38-22)16-8-14(9-32-19(16)25)33-20-18-13(3-4-30-20)7-15(10-31-18)37-11-17-29-5-6-36-17/h3-10,35H,11-12H2,1-2H3,(H2,28,34)(H,30,33)/t22-,23+/m0/s1. The van der Waals surface area contributed by atoms with Crippen LogP contribution in [0.3, 0.4) is 0 Å². The van der Waals surface area contributed by atoms with Gasteiger partial charge in [-0.2, -0.15) is 4.39 Å². The zero-order valence-electron chi connectivity index (χ0n) is 20.2. The molecule has 0 radical (unpaired) electrons. The zero-order chi connectivity index (χ0) is 27.1. The minimum atomic E-state index is -3.69. The molecular formula is C24H22F3N7O3S. The first-order chi connectivity index (χ1) is 18.1. The Balaban J connectivity index is 1.47. The Bertz CT molecular complexity index is 1520. The lowest BCUT2D eigenvalue weighted by molar-refractivity contribution is -0.111. The van der Waals surface area contributed by atoms with E-state index in [2.05, 4.69) is 30.2 Å². The van der Waals surface area contributed by atoms with Crippen LogP contribution in [-0.4, -0.2) is 47.5 Å². The van der Waals surface area contributed by atoms with E-state index in [1.807, 2.05) is 0 Å². The fourth-order valence-corrected chi connectivity index (χ4v) is 5.24. The molecule has 0 saturated carbocycles. The molecule has 0 fully saturated rings. The molecule has 4 N–H and O–H groups in total. The Hall–Kier alpha value is -3.91. The van der Waals surface area contributed by atoms with Gasteiger partial charge in [0, 0.05) is 17.1 Å². The van der Waals surface area contributed by atoms with Crippen molar-refractivity contribution in [2.75, 3.05) is 11.9 Å². The Morgan fingerprint density at radius 1 is 1.13 bits per heavy atom. The van der Waals surface area contributed by atoms with Gasteiger partial charge in [-0.25, -0.2) is 33.7 Å². The molecule has 0 unspecified atom stereocenters. The molecule has 0 saturated heterocycles. The number of aromatic nitrogens is 4. The lowest BCUT2D eigenvalue weighted by atomic mass is 9.79. The number of amidine groups is 1. The Morgan fingerprint density at radius 2 is 1.95 bits per heavy atom. The Kier molecular flexibility index (Phi) is 6.39. The molecule has 38 heavy (non-hydrogen) atoms. The molecule has 2 atom stereocenters. The molecule has 4 aromatic heterocycles. The molecule has 0 spiro atoms. The van der Waals surface area contributed by atoms with Crippen LogP contribution in [0.2, 0.25) is 0 Å². The van der Waals surface area contributed by atoms with Crippen molar-refractivity contribution in [3.63, 3.8) is 0 Å². The van der Waals surface area contributed by atoms with Crippen molar-refractivity contribution in [2.24, 2.45) is 10.7 Å². The van der Waals surface area contributed by atoms with Crippen molar-refractivity contribution in [3.8, 4) is 5.75 Å². The monoisotopic (exact) mass is 545 g/mol. The number of halogens is 3. The number of hydrogen-bond acceptors (Lipinski definition) is 11. The van der Waals surface area contributed by atoms with E-state index in [1.54, 1.807) is 12.1 Å². The van der Waals surface area contributed by atoms with E-state index in [1.165, 1.54) is 30.9 Å². The molecule has 0 aliphatic carbocycles. The summed E-state index contributed by atoms with van der Waals surface area (Å²) in [5.74, 6) is -3.68. The van der Waals surface area contributed by atoms with Crippen LogP contribution in [0.4, 0.5) is 24.7 Å². The van der Waals surface area contributed by atoms with Crippen LogP contribution in [0.15, 0.2) is 58.7 Å². The van der Waals surface area contributed by atoms with Crippen molar-refractivity contribution in [2.45, 2.75) is 36.7 Å². The number of oxazole rings is 1. The third-order valence-electron chi connectivity index (χ3n) is 6.29. The third kappa shape index (κ3) is 4.28. The summed E-state index contributed by atoms with van der Waals surface area (Å²) in [6, 6.07) is 4.63. The SMILES string of the molecule is C[C@@]1(CO)SC(N)=N[C@](C)(c2cc(Nc3nccc4cc(OCc5ncco5)cnc34)cnc2F)C1(F)F. The smallest absolute Gasteiger partial charge is 0.293 e. The van der Waals surface area contributed by atoms with Crippen LogP contribution >= 0.6 is 11.8 Å². The van der Waals surface area contributed by atoms with E-state index in [0.29, 0.717) is 34.3 Å². The van der Waals surface area contributed by atoms with E-state index >= 15 is 8.78 Å². The number of nitrogens with one attached hydrogen (secondary N) is 1. The minimum absolute atomic E-state index is 0.116. The summed E-state index contributed by atoms with van der Waals surface area (Å²) < 4.78 is 55.1. The molecule has 5 heterocycles. The lowest BCUT2D eigenvalue weighted by Gasteiger charge is -2.47. The van der Waals surface area contributed by atoms with Gasteiger partial charge in [-0.15, -0.1) is 0 Å². The number of thioether (sulfide) groups is 1. The van der Waals surface area contributed by atoms with Crippen molar-refractivity contribution < 1.29 is 27.4 Å². The number of anilines is 2. The van der Waals surface area contributed by atoms with Gasteiger partial charge < -0.3 is 25.3 Å². The number of hydrogen-bond donors (Lipinski definition) is 3. The lowest BCUT2D eigenvalue weighted by Crippen LogP contribution is -2.61. The Labute approximate surface area is 218 Å². The quantitative estimate of drug-likeness (QED) is 0.290. The zero-order valence-corrected chi connectivity index (χ0v) is 21.0. The summed E-state index contributed by atoms with van der Waals surface area (Å²) in [5.41, 5.74) is 3.51. The van der Waals surface area contributed by atoms with Gasteiger partial charge in [-0.3, -0.25) is 0 Å². The van der Waals surface area contributed by atoms with Crippen molar-refractivity contribution >= 4 is 39.3 Å². The molecule has 1 aliphatic heterocycles. The van der Waals surface area contributed by atoms with E-state index in [9.17, 15) is 9.50 Å². The fourth-order valence-electron chi connectivity index (χ4n) is 4.16. The van der Waals surface area contributed by atoms with Gasteiger partial charge in [0.1, 0.15) is 22.3 Å². The molecule has 10 nitrogen and oxygen atoms in total. The second kappa shape index (κ2) is 9.44. The van der Waals surface area contributed by atoms with Gasteiger partial charge in [0.05, 0.1) is 30.9 Å². The van der Waals surface area contributed by atoms with Crippen molar-refractivity contribution in [1.29, 1.82) is 0 Å². The number of fused-ring (bicyclic) bond motifs is 1. The molecule has 0 aromatic carbocycles. The number of aliphatic hydroxyl groups is 1. The summed E-state index contributed by atoms with van der Waals surface area (Å²) in [6.07, 6.45) is 7.11. The third-order valence-corrected chi connectivity index (χ3v) is 7.42. The predicted molar refractivity (Wildman–Crippen MR) is 135 cm³/mol. The molecule has 1 aliphatic rings. The van der Waals surface area contributed by atoms with Crippen LogP contribution in [0.1, 0.15) is 25.3 Å². The molecule has 4 aromatic rings. The topological polar surface area (TPSA) is 145 Å². The number of ether oxygens (including phenoxy) is 1. The van der Waals surface area contributed by atoms with Crippen molar-refractivity contribution in [1.82, 2.24) is 19.9 Å². The average Bonchev–Trinajstić information content (AvgIpc) is 3.41. The van der Waals surface area contributed by atoms with Gasteiger partial charge in [-0.1, -0.05) is 11.8 Å². The van der Waals surface area contributed by atoms with Gasteiger partial charge in [0.25, 0.3) is 5.92 Å². The van der Waals surface area contributed by atoms with Crippen LogP contribution < -0.4 is 15.8 Å². The normalized spacial score (nSPS) is 22.7. The Morgan fingerprint density at radius 3 is 2.68 bits per heavy atom. The first-order valence-electron chi connectivity index (χ1n) is 11.3. The van der Waals surface area contributed by atoms with Crippen LogP contribution in [0, 0.1) is 5.95 Å². The number of rotatable bonds is 7. The van der Waals surface area contributed by atoms with E-state index in [4.69, 9.17) is 14.9 Å². The van der Waals surface area contributed by atoms with Crippen LogP contribution in [0.25, 0.3) is 10.9 Å². The van der Waals surface area contributed by atoms with Gasteiger partial charge in [-0.05, 0) is 32.0 Å². The molecule has 0 bridgehead atoms. The van der Waals surface area contributed by atoms with Crippen LogP contribution in [0.5, 0.6) is 5.75 Å². The van der Waals surface area contributed by atoms with E-state index in [0.717, 1.165) is 20.0 Å². The number of aliphatic imine (C=N–C) groups is 1. The highest BCUT2D eigenvalue weighted by atomic mass is 32.2. The highest BCUT2D eigenvalue weighted by Gasteiger charge is 2.66. The first kappa shape index (κ1) is 25.7. The van der Waals surface area contributed by atoms with E-state index < -0.39 is 34.3 Å². The van der Waals surface area contributed by atoms with Crippen molar-refractivity contribution in [3.05, 3.63) is 66.7 Å². The maximum absolute atomic E-state index is 15.7. The predicted octanol–water partition coefficient (Wildman–Crippen LogP) is 4.14. The fraction of sp³-hybridized carbons (Fsp3) is 0.292. The van der Waals surface area contributed by atoms with Crippen LogP contribution in [-0.2, 0) is 12.1 Å². The molecule has 0 amide bonds. The summed E-state index contributed by atoms with van der Waals surface area (Å²) in [5, 5.41) is 13.2. The number of nitrogens with zero attached hydrogens (tertiary/aromatic N) is 5. The maximum Gasteiger partial charge on any atom is 0.293 e. The van der Waals surface area contributed by atoms with Gasteiger partial charge >= 0.3 is 0 Å². The molecule has 198 valence electrons. The second-order valence-electron chi connectivity index (χ2n) is 8.89. The largest absolute Gasteiger partial charge is 0.482 e. The summed E-state index contributed by atoms with van der Waals surface area (Å²) >= 11 is 0.542. The first-order valence-corrected chi connectivity index (χ1v) is 12.1. The van der Waals surface area contributed by atoms with E-state index in [-0.39, 0.29) is 23.3 Å².